The van der Waals surface area contributed by atoms with Crippen LogP contribution in [-0.2, 0) is 13.0 Å². The lowest BCUT2D eigenvalue weighted by Crippen LogP contribution is -2.28. The SMILES string of the molecule is CC(C)c1nn(-c2ccccc2)cc1CNC1c2ccccc2CC1O. The van der Waals surface area contributed by atoms with Gasteiger partial charge in [0.25, 0.3) is 0 Å². The lowest BCUT2D eigenvalue weighted by Gasteiger charge is -2.18. The Labute approximate surface area is 154 Å². The first-order chi connectivity index (χ1) is 12.6. The van der Waals surface area contributed by atoms with Crippen LogP contribution < -0.4 is 5.32 Å². The third-order valence-electron chi connectivity index (χ3n) is 5.11. The van der Waals surface area contributed by atoms with Crippen molar-refractivity contribution in [3.8, 4) is 5.69 Å². The summed E-state index contributed by atoms with van der Waals surface area (Å²) >= 11 is 0. The Bertz CT molecular complexity index is 885. The number of para-hydroxylation sites is 1. The lowest BCUT2D eigenvalue weighted by molar-refractivity contribution is 0.140. The van der Waals surface area contributed by atoms with E-state index in [1.54, 1.807) is 0 Å². The summed E-state index contributed by atoms with van der Waals surface area (Å²) in [6.07, 6.45) is 2.44. The Kier molecular flexibility index (Phi) is 4.62. The van der Waals surface area contributed by atoms with Crippen molar-refractivity contribution in [3.63, 3.8) is 0 Å². The highest BCUT2D eigenvalue weighted by atomic mass is 16.3. The van der Waals surface area contributed by atoms with Crippen LogP contribution in [0.4, 0.5) is 0 Å². The third-order valence-corrected chi connectivity index (χ3v) is 5.11. The van der Waals surface area contributed by atoms with E-state index in [1.807, 2.05) is 35.0 Å². The lowest BCUT2D eigenvalue weighted by atomic mass is 10.0. The molecule has 1 heterocycles. The maximum Gasteiger partial charge on any atom is 0.0775 e. The largest absolute Gasteiger partial charge is 0.391 e. The summed E-state index contributed by atoms with van der Waals surface area (Å²) in [5, 5.41) is 18.8. The zero-order chi connectivity index (χ0) is 18.1. The molecule has 0 saturated heterocycles. The van der Waals surface area contributed by atoms with Gasteiger partial charge in [-0.2, -0.15) is 5.10 Å². The van der Waals surface area contributed by atoms with Gasteiger partial charge in [0.2, 0.25) is 0 Å². The van der Waals surface area contributed by atoms with Crippen LogP contribution in [0.1, 0.15) is 48.2 Å². The highest BCUT2D eigenvalue weighted by molar-refractivity contribution is 5.37. The Morgan fingerprint density at radius 3 is 2.62 bits per heavy atom. The third kappa shape index (κ3) is 3.18. The molecule has 4 nitrogen and oxygen atoms in total. The first kappa shape index (κ1) is 17.0. The summed E-state index contributed by atoms with van der Waals surface area (Å²) in [6.45, 7) is 5.03. The van der Waals surface area contributed by atoms with E-state index in [2.05, 4.69) is 49.6 Å². The van der Waals surface area contributed by atoms with Gasteiger partial charge in [0.05, 0.1) is 23.5 Å². The maximum absolute atomic E-state index is 10.5. The molecular weight excluding hydrogens is 322 g/mol. The van der Waals surface area contributed by atoms with Crippen LogP contribution in [0.15, 0.2) is 60.8 Å². The van der Waals surface area contributed by atoms with E-state index in [0.29, 0.717) is 18.9 Å². The average molecular weight is 347 g/mol. The highest BCUT2D eigenvalue weighted by Gasteiger charge is 2.30. The normalized spacial score (nSPS) is 19.1. The molecule has 2 atom stereocenters. The summed E-state index contributed by atoms with van der Waals surface area (Å²) in [5.41, 5.74) is 5.79. The molecule has 1 aromatic heterocycles. The van der Waals surface area contributed by atoms with Crippen molar-refractivity contribution >= 4 is 0 Å². The number of nitrogens with one attached hydrogen (secondary N) is 1. The Morgan fingerprint density at radius 2 is 1.85 bits per heavy atom. The van der Waals surface area contributed by atoms with Crippen LogP contribution in [-0.4, -0.2) is 21.0 Å². The molecule has 134 valence electrons. The molecule has 0 radical (unpaired) electrons. The fourth-order valence-corrected chi connectivity index (χ4v) is 3.80. The average Bonchev–Trinajstić information content (AvgIpc) is 3.21. The van der Waals surface area contributed by atoms with E-state index in [1.165, 1.54) is 16.7 Å². The molecule has 2 unspecified atom stereocenters. The second-order valence-corrected chi connectivity index (χ2v) is 7.30. The van der Waals surface area contributed by atoms with Gasteiger partial charge in [-0.1, -0.05) is 56.3 Å². The van der Waals surface area contributed by atoms with Crippen LogP contribution in [0.5, 0.6) is 0 Å². The molecule has 4 rings (SSSR count). The number of nitrogens with zero attached hydrogens (tertiary/aromatic N) is 2. The smallest absolute Gasteiger partial charge is 0.0775 e. The van der Waals surface area contributed by atoms with Crippen molar-refractivity contribution in [2.75, 3.05) is 0 Å². The number of aliphatic hydroxyl groups excluding tert-OH is 1. The van der Waals surface area contributed by atoms with Crippen molar-refractivity contribution in [3.05, 3.63) is 83.2 Å². The molecule has 2 aromatic carbocycles. The topological polar surface area (TPSA) is 50.1 Å². The zero-order valence-electron chi connectivity index (χ0n) is 15.3. The molecule has 0 spiro atoms. The second-order valence-electron chi connectivity index (χ2n) is 7.30. The van der Waals surface area contributed by atoms with E-state index in [4.69, 9.17) is 5.10 Å². The van der Waals surface area contributed by atoms with Crippen LogP contribution in [0.2, 0.25) is 0 Å². The van der Waals surface area contributed by atoms with E-state index in [-0.39, 0.29) is 12.1 Å². The minimum atomic E-state index is -0.376. The molecule has 4 heteroatoms. The number of rotatable bonds is 5. The van der Waals surface area contributed by atoms with Crippen LogP contribution in [0, 0.1) is 0 Å². The van der Waals surface area contributed by atoms with Crippen molar-refractivity contribution in [1.29, 1.82) is 0 Å². The van der Waals surface area contributed by atoms with Crippen molar-refractivity contribution in [2.24, 2.45) is 0 Å². The van der Waals surface area contributed by atoms with Crippen LogP contribution in [0.3, 0.4) is 0 Å². The molecule has 1 aliphatic rings. The summed E-state index contributed by atoms with van der Waals surface area (Å²) in [7, 11) is 0. The van der Waals surface area contributed by atoms with Gasteiger partial charge in [0, 0.05) is 24.7 Å². The van der Waals surface area contributed by atoms with Gasteiger partial charge in [-0.15, -0.1) is 0 Å². The van der Waals surface area contributed by atoms with Gasteiger partial charge in [-0.05, 0) is 29.2 Å². The fourth-order valence-electron chi connectivity index (χ4n) is 3.80. The fraction of sp³-hybridized carbons (Fsp3) is 0.318. The Balaban J connectivity index is 1.58. The predicted molar refractivity (Wildman–Crippen MR) is 103 cm³/mol. The van der Waals surface area contributed by atoms with E-state index in [9.17, 15) is 5.11 Å². The molecule has 0 amide bonds. The molecular formula is C22H25N3O. The molecule has 2 N–H and O–H groups in total. The molecule has 0 fully saturated rings. The first-order valence-corrected chi connectivity index (χ1v) is 9.26. The Hall–Kier alpha value is -2.43. The monoisotopic (exact) mass is 347 g/mol. The summed E-state index contributed by atoms with van der Waals surface area (Å²) in [4.78, 5) is 0. The molecule has 26 heavy (non-hydrogen) atoms. The minimum Gasteiger partial charge on any atom is -0.391 e. The molecule has 3 aromatic rings. The van der Waals surface area contributed by atoms with E-state index < -0.39 is 0 Å². The van der Waals surface area contributed by atoms with Gasteiger partial charge < -0.3 is 10.4 Å². The number of hydrogen-bond donors (Lipinski definition) is 2. The number of aliphatic hydroxyl groups is 1. The summed E-state index contributed by atoms with van der Waals surface area (Å²) in [5.74, 6) is 0.345. The highest BCUT2D eigenvalue weighted by Crippen LogP contribution is 2.32. The summed E-state index contributed by atoms with van der Waals surface area (Å²) < 4.78 is 1.95. The zero-order valence-corrected chi connectivity index (χ0v) is 15.3. The van der Waals surface area contributed by atoms with Crippen molar-refractivity contribution in [1.82, 2.24) is 15.1 Å². The quantitative estimate of drug-likeness (QED) is 0.739. The van der Waals surface area contributed by atoms with Gasteiger partial charge in [-0.3, -0.25) is 0 Å². The number of hydrogen-bond acceptors (Lipinski definition) is 3. The number of aromatic nitrogens is 2. The Morgan fingerprint density at radius 1 is 1.12 bits per heavy atom. The van der Waals surface area contributed by atoms with E-state index >= 15 is 0 Å². The molecule has 1 aliphatic carbocycles. The number of benzene rings is 2. The first-order valence-electron chi connectivity index (χ1n) is 9.26. The van der Waals surface area contributed by atoms with Crippen LogP contribution in [0.25, 0.3) is 5.69 Å². The van der Waals surface area contributed by atoms with Gasteiger partial charge in [0.15, 0.2) is 0 Å². The van der Waals surface area contributed by atoms with Gasteiger partial charge in [0.1, 0.15) is 0 Å². The molecule has 0 aliphatic heterocycles. The van der Waals surface area contributed by atoms with Crippen molar-refractivity contribution < 1.29 is 5.11 Å². The standard InChI is InChI=1S/C22H25N3O/c1-15(2)21-17(14-25(24-21)18-9-4-3-5-10-18)13-23-22-19-11-7-6-8-16(19)12-20(22)26/h3-11,14-15,20,22-23,26H,12-13H2,1-2H3. The second kappa shape index (κ2) is 7.06. The molecule has 0 bridgehead atoms. The van der Waals surface area contributed by atoms with Gasteiger partial charge in [-0.25, -0.2) is 4.68 Å². The van der Waals surface area contributed by atoms with E-state index in [0.717, 1.165) is 11.4 Å². The molecule has 0 saturated carbocycles. The van der Waals surface area contributed by atoms with Crippen LogP contribution >= 0.6 is 0 Å². The predicted octanol–water partition coefficient (Wildman–Crippen LogP) is 3.74. The summed E-state index contributed by atoms with van der Waals surface area (Å²) in [6, 6.07) is 18.5. The minimum absolute atomic E-state index is 0.0220. The maximum atomic E-state index is 10.5. The van der Waals surface area contributed by atoms with Gasteiger partial charge >= 0.3 is 0 Å². The number of fused-ring (bicyclic) bond motifs is 1. The van der Waals surface area contributed by atoms with Crippen molar-refractivity contribution in [2.45, 2.75) is 44.9 Å².